The minimum absolute atomic E-state index is 0.218. The Labute approximate surface area is 70.0 Å². The van der Waals surface area contributed by atoms with Crippen molar-refractivity contribution in [1.82, 2.24) is 5.32 Å². The molecule has 0 aromatic rings. The average Bonchev–Trinajstić information content (AvgIpc) is 1.98. The number of aliphatic hydroxyl groups excluding tert-OH is 1. The Morgan fingerprint density at radius 2 is 1.73 bits per heavy atom. The third-order valence-electron chi connectivity index (χ3n) is 2.03. The first-order valence-electron chi connectivity index (χ1n) is 4.59. The third kappa shape index (κ3) is 6.32. The molecule has 0 saturated heterocycles. The van der Waals surface area contributed by atoms with Crippen molar-refractivity contribution >= 4 is 0 Å². The van der Waals surface area contributed by atoms with Crippen molar-refractivity contribution < 1.29 is 5.11 Å². The van der Waals surface area contributed by atoms with Crippen molar-refractivity contribution in [1.29, 1.82) is 0 Å². The lowest BCUT2D eigenvalue weighted by Gasteiger charge is -2.13. The number of nitrogens with one attached hydrogen (secondary N) is 1. The van der Waals surface area contributed by atoms with Gasteiger partial charge in [0.05, 0.1) is 6.10 Å². The lowest BCUT2D eigenvalue weighted by atomic mass is 10.0. The Morgan fingerprint density at radius 1 is 1.18 bits per heavy atom. The zero-order chi connectivity index (χ0) is 8.69. The molecule has 1 atom stereocenters. The molecule has 0 spiro atoms. The van der Waals surface area contributed by atoms with Gasteiger partial charge in [-0.05, 0) is 19.4 Å². The molecule has 0 saturated carbocycles. The highest BCUT2D eigenvalue weighted by molar-refractivity contribution is 4.60. The highest BCUT2D eigenvalue weighted by atomic mass is 16.3. The van der Waals surface area contributed by atoms with Crippen LogP contribution in [0.1, 0.15) is 33.6 Å². The molecule has 0 heterocycles. The van der Waals surface area contributed by atoms with E-state index in [4.69, 9.17) is 5.11 Å². The first kappa shape index (κ1) is 10.9. The lowest BCUT2D eigenvalue weighted by Crippen LogP contribution is -2.29. The summed E-state index contributed by atoms with van der Waals surface area (Å²) in [4.78, 5) is 0. The van der Waals surface area contributed by atoms with Gasteiger partial charge in [0.2, 0.25) is 0 Å². The first-order chi connectivity index (χ1) is 5.20. The van der Waals surface area contributed by atoms with Crippen LogP contribution in [0.25, 0.3) is 0 Å². The Morgan fingerprint density at radius 3 is 2.09 bits per heavy atom. The molecule has 2 N–H and O–H groups in total. The van der Waals surface area contributed by atoms with E-state index in [1.807, 2.05) is 0 Å². The van der Waals surface area contributed by atoms with Crippen molar-refractivity contribution in [2.24, 2.45) is 5.92 Å². The molecule has 0 radical (unpaired) electrons. The Balaban J connectivity index is 3.21. The fourth-order valence-electron chi connectivity index (χ4n) is 1.07. The summed E-state index contributed by atoms with van der Waals surface area (Å²) >= 11 is 0. The van der Waals surface area contributed by atoms with Crippen LogP contribution >= 0.6 is 0 Å². The van der Waals surface area contributed by atoms with Crippen LogP contribution in [0.2, 0.25) is 0 Å². The smallest absolute Gasteiger partial charge is 0.0636 e. The number of aliphatic hydroxyl groups is 1. The Bertz CT molecular complexity index is 79.6. The van der Waals surface area contributed by atoms with E-state index in [0.717, 1.165) is 19.0 Å². The Hall–Kier alpha value is -0.0800. The highest BCUT2D eigenvalue weighted by Crippen LogP contribution is 2.04. The van der Waals surface area contributed by atoms with Crippen molar-refractivity contribution in [3.63, 3.8) is 0 Å². The summed E-state index contributed by atoms with van der Waals surface area (Å²) in [5.41, 5.74) is 0. The zero-order valence-electron chi connectivity index (χ0n) is 7.93. The number of hydrogen-bond acceptors (Lipinski definition) is 2. The van der Waals surface area contributed by atoms with E-state index in [1.165, 1.54) is 12.8 Å². The highest BCUT2D eigenvalue weighted by Gasteiger charge is 2.02. The molecule has 0 rings (SSSR count). The quantitative estimate of drug-likeness (QED) is 0.614. The molecule has 0 bridgehead atoms. The third-order valence-corrected chi connectivity index (χ3v) is 2.03. The van der Waals surface area contributed by atoms with E-state index in [0.29, 0.717) is 0 Å². The normalized spacial score (nSPS) is 13.9. The summed E-state index contributed by atoms with van der Waals surface area (Å²) in [6, 6.07) is 0. The minimum atomic E-state index is -0.218. The maximum absolute atomic E-state index is 8.95. The van der Waals surface area contributed by atoms with Gasteiger partial charge in [-0.25, -0.2) is 0 Å². The zero-order valence-corrected chi connectivity index (χ0v) is 7.93. The van der Waals surface area contributed by atoms with Crippen LogP contribution in [0, 0.1) is 5.92 Å². The van der Waals surface area contributed by atoms with Gasteiger partial charge in [-0.3, -0.25) is 0 Å². The van der Waals surface area contributed by atoms with Gasteiger partial charge in [-0.15, -0.1) is 0 Å². The van der Waals surface area contributed by atoms with Crippen molar-refractivity contribution in [3.8, 4) is 0 Å². The minimum Gasteiger partial charge on any atom is -0.392 e. The van der Waals surface area contributed by atoms with Gasteiger partial charge in [-0.2, -0.15) is 0 Å². The molecule has 0 aromatic carbocycles. The molecule has 2 nitrogen and oxygen atoms in total. The fourth-order valence-corrected chi connectivity index (χ4v) is 1.07. The fraction of sp³-hybridized carbons (Fsp3) is 1.00. The maximum atomic E-state index is 8.95. The van der Waals surface area contributed by atoms with Crippen molar-refractivity contribution in [2.75, 3.05) is 13.1 Å². The summed E-state index contributed by atoms with van der Waals surface area (Å²) < 4.78 is 0. The summed E-state index contributed by atoms with van der Waals surface area (Å²) in [7, 11) is 0. The molecular formula is C9H21NO. The monoisotopic (exact) mass is 159 g/mol. The molecular weight excluding hydrogens is 138 g/mol. The number of hydrogen-bond donors (Lipinski definition) is 2. The van der Waals surface area contributed by atoms with E-state index in [1.54, 1.807) is 6.92 Å². The van der Waals surface area contributed by atoms with Gasteiger partial charge in [0.25, 0.3) is 0 Å². The molecule has 0 aliphatic heterocycles. The number of rotatable bonds is 6. The standard InChI is InChI=1S/C9H21NO/c1-4-9(5-2)7-10-6-8(3)11/h8-11H,4-7H2,1-3H3/t8-/m1/s1. The van der Waals surface area contributed by atoms with Gasteiger partial charge in [0, 0.05) is 6.54 Å². The predicted octanol–water partition coefficient (Wildman–Crippen LogP) is 1.39. The molecule has 0 aliphatic carbocycles. The predicted molar refractivity (Wildman–Crippen MR) is 48.6 cm³/mol. The summed E-state index contributed by atoms with van der Waals surface area (Å²) in [6.45, 7) is 7.98. The van der Waals surface area contributed by atoms with Crippen LogP contribution in [-0.4, -0.2) is 24.3 Å². The second kappa shape index (κ2) is 6.62. The van der Waals surface area contributed by atoms with Crippen LogP contribution in [0.4, 0.5) is 0 Å². The average molecular weight is 159 g/mol. The van der Waals surface area contributed by atoms with E-state index in [9.17, 15) is 0 Å². The molecule has 0 aliphatic rings. The SMILES string of the molecule is CCC(CC)CNC[C@@H](C)O. The van der Waals surface area contributed by atoms with Gasteiger partial charge >= 0.3 is 0 Å². The Kier molecular flexibility index (Phi) is 6.57. The van der Waals surface area contributed by atoms with E-state index in [-0.39, 0.29) is 6.10 Å². The second-order valence-electron chi connectivity index (χ2n) is 3.19. The summed E-state index contributed by atoms with van der Waals surface area (Å²) in [5, 5.41) is 12.2. The van der Waals surface area contributed by atoms with Crippen LogP contribution in [0.5, 0.6) is 0 Å². The molecule has 68 valence electrons. The second-order valence-corrected chi connectivity index (χ2v) is 3.19. The maximum Gasteiger partial charge on any atom is 0.0636 e. The van der Waals surface area contributed by atoms with E-state index in [2.05, 4.69) is 19.2 Å². The van der Waals surface area contributed by atoms with Gasteiger partial charge < -0.3 is 10.4 Å². The molecule has 2 heteroatoms. The first-order valence-corrected chi connectivity index (χ1v) is 4.59. The van der Waals surface area contributed by atoms with Gasteiger partial charge in [0.1, 0.15) is 0 Å². The van der Waals surface area contributed by atoms with Crippen LogP contribution in [0.15, 0.2) is 0 Å². The van der Waals surface area contributed by atoms with Crippen LogP contribution < -0.4 is 5.32 Å². The van der Waals surface area contributed by atoms with E-state index >= 15 is 0 Å². The largest absolute Gasteiger partial charge is 0.392 e. The summed E-state index contributed by atoms with van der Waals surface area (Å²) in [6.07, 6.45) is 2.23. The van der Waals surface area contributed by atoms with Gasteiger partial charge in [-0.1, -0.05) is 26.7 Å². The van der Waals surface area contributed by atoms with Crippen molar-refractivity contribution in [2.45, 2.75) is 39.7 Å². The molecule has 0 amide bonds. The topological polar surface area (TPSA) is 32.3 Å². The lowest BCUT2D eigenvalue weighted by molar-refractivity contribution is 0.188. The van der Waals surface area contributed by atoms with Crippen molar-refractivity contribution in [3.05, 3.63) is 0 Å². The molecule has 0 unspecified atom stereocenters. The summed E-state index contributed by atoms with van der Waals surface area (Å²) in [5.74, 6) is 0.772. The molecule has 0 aromatic heterocycles. The molecule has 11 heavy (non-hydrogen) atoms. The van der Waals surface area contributed by atoms with Gasteiger partial charge in [0.15, 0.2) is 0 Å². The molecule has 0 fully saturated rings. The van der Waals surface area contributed by atoms with Crippen LogP contribution in [-0.2, 0) is 0 Å². The van der Waals surface area contributed by atoms with E-state index < -0.39 is 0 Å². The van der Waals surface area contributed by atoms with Crippen LogP contribution in [0.3, 0.4) is 0 Å².